The van der Waals surface area contributed by atoms with Crippen LogP contribution in [-0.2, 0) is 6.42 Å². The van der Waals surface area contributed by atoms with Crippen molar-refractivity contribution in [2.75, 3.05) is 0 Å². The van der Waals surface area contributed by atoms with E-state index in [2.05, 4.69) is 0 Å². The number of carbonyl (C=O) groups excluding carboxylic acids is 2. The third-order valence-electron chi connectivity index (χ3n) is 2.63. The highest BCUT2D eigenvalue weighted by Crippen LogP contribution is 2.33. The maximum Gasteiger partial charge on any atom is 0.170 e. The molecule has 0 saturated heterocycles. The first-order chi connectivity index (χ1) is 6.61. The summed E-state index contributed by atoms with van der Waals surface area (Å²) in [7, 11) is 0. The number of fused-ring (bicyclic) bond motifs is 1. The molecule has 0 unspecified atom stereocenters. The highest BCUT2D eigenvalue weighted by atomic mass is 32.1. The summed E-state index contributed by atoms with van der Waals surface area (Å²) in [6, 6.07) is 0. The Bertz CT molecular complexity index is 415. The monoisotopic (exact) mass is 208 g/mol. The minimum absolute atomic E-state index is 0.0784. The van der Waals surface area contributed by atoms with Crippen LogP contribution in [0.15, 0.2) is 0 Å². The molecule has 2 nitrogen and oxygen atoms in total. The molecule has 1 aliphatic carbocycles. The first-order valence-corrected chi connectivity index (χ1v) is 5.59. The van der Waals surface area contributed by atoms with Crippen LogP contribution in [0.2, 0.25) is 0 Å². The zero-order valence-corrected chi connectivity index (χ0v) is 9.16. The van der Waals surface area contributed by atoms with Gasteiger partial charge < -0.3 is 0 Å². The van der Waals surface area contributed by atoms with Crippen molar-refractivity contribution in [2.45, 2.75) is 33.1 Å². The molecule has 0 saturated carbocycles. The third-order valence-corrected chi connectivity index (χ3v) is 4.08. The molecule has 0 fully saturated rings. The van der Waals surface area contributed by atoms with Crippen LogP contribution in [0.3, 0.4) is 0 Å². The van der Waals surface area contributed by atoms with Crippen molar-refractivity contribution in [3.05, 3.63) is 20.9 Å². The maximum atomic E-state index is 11.6. The molecule has 3 heteroatoms. The van der Waals surface area contributed by atoms with Crippen LogP contribution in [0.1, 0.15) is 50.2 Å². The standard InChI is InChI=1S/C11H12O2S/c1-6-10-8(13)4-3-5-9(10)14-11(6)7(2)12/h3-5H2,1-2H3. The molecule has 0 aromatic carbocycles. The first-order valence-electron chi connectivity index (χ1n) is 4.77. The number of aryl methyl sites for hydroxylation is 1. The van der Waals surface area contributed by atoms with Gasteiger partial charge in [0.15, 0.2) is 11.6 Å². The summed E-state index contributed by atoms with van der Waals surface area (Å²) in [5.41, 5.74) is 1.74. The van der Waals surface area contributed by atoms with E-state index < -0.39 is 0 Å². The second kappa shape index (κ2) is 3.31. The summed E-state index contributed by atoms with van der Waals surface area (Å²) in [6.45, 7) is 3.45. The molecule has 14 heavy (non-hydrogen) atoms. The summed E-state index contributed by atoms with van der Waals surface area (Å²) < 4.78 is 0. The molecule has 0 bridgehead atoms. The van der Waals surface area contributed by atoms with Crippen LogP contribution in [0.4, 0.5) is 0 Å². The van der Waals surface area contributed by atoms with E-state index in [0.717, 1.165) is 33.7 Å². The Morgan fingerprint density at radius 2 is 2.07 bits per heavy atom. The average Bonchev–Trinajstić information content (AvgIpc) is 2.45. The van der Waals surface area contributed by atoms with Crippen LogP contribution in [0.25, 0.3) is 0 Å². The minimum atomic E-state index is 0.0784. The molecular weight excluding hydrogens is 196 g/mol. The summed E-state index contributed by atoms with van der Waals surface area (Å²) in [5.74, 6) is 0.294. The van der Waals surface area contributed by atoms with Gasteiger partial charge in [0.25, 0.3) is 0 Å². The fourth-order valence-corrected chi connectivity index (χ4v) is 3.25. The lowest BCUT2D eigenvalue weighted by molar-refractivity contribution is 0.0973. The molecule has 74 valence electrons. The Kier molecular flexibility index (Phi) is 2.27. The van der Waals surface area contributed by atoms with Crippen molar-refractivity contribution < 1.29 is 9.59 Å². The van der Waals surface area contributed by atoms with Gasteiger partial charge in [0.1, 0.15) is 0 Å². The van der Waals surface area contributed by atoms with Crippen molar-refractivity contribution >= 4 is 22.9 Å². The Morgan fingerprint density at radius 3 is 2.64 bits per heavy atom. The van der Waals surface area contributed by atoms with Crippen molar-refractivity contribution in [1.82, 2.24) is 0 Å². The van der Waals surface area contributed by atoms with E-state index in [1.807, 2.05) is 6.92 Å². The number of Topliss-reactive ketones (excluding diaryl/α,β-unsaturated/α-hetero) is 2. The van der Waals surface area contributed by atoms with E-state index in [9.17, 15) is 9.59 Å². The minimum Gasteiger partial charge on any atom is -0.294 e. The molecule has 1 heterocycles. The number of thiophene rings is 1. The van der Waals surface area contributed by atoms with Gasteiger partial charge in [0.2, 0.25) is 0 Å². The third kappa shape index (κ3) is 1.32. The molecule has 0 aliphatic heterocycles. The van der Waals surface area contributed by atoms with E-state index in [1.165, 1.54) is 11.3 Å². The molecule has 0 radical (unpaired) electrons. The highest BCUT2D eigenvalue weighted by Gasteiger charge is 2.25. The van der Waals surface area contributed by atoms with Crippen LogP contribution in [-0.4, -0.2) is 11.6 Å². The molecule has 0 N–H and O–H groups in total. The Morgan fingerprint density at radius 1 is 1.36 bits per heavy atom. The van der Waals surface area contributed by atoms with Crippen LogP contribution < -0.4 is 0 Å². The lowest BCUT2D eigenvalue weighted by Gasteiger charge is -2.09. The lowest BCUT2D eigenvalue weighted by Crippen LogP contribution is -2.09. The van der Waals surface area contributed by atoms with Gasteiger partial charge in [0.05, 0.1) is 4.88 Å². The Labute approximate surface area is 86.9 Å². The van der Waals surface area contributed by atoms with Gasteiger partial charge in [-0.15, -0.1) is 11.3 Å². The van der Waals surface area contributed by atoms with Gasteiger partial charge >= 0.3 is 0 Å². The fraction of sp³-hybridized carbons (Fsp3) is 0.455. The number of hydrogen-bond acceptors (Lipinski definition) is 3. The molecule has 0 atom stereocenters. The van der Waals surface area contributed by atoms with Gasteiger partial charge in [-0.3, -0.25) is 9.59 Å². The smallest absolute Gasteiger partial charge is 0.170 e. The summed E-state index contributed by atoms with van der Waals surface area (Å²) in [6.07, 6.45) is 2.53. The van der Waals surface area contributed by atoms with E-state index >= 15 is 0 Å². The lowest BCUT2D eigenvalue weighted by atomic mass is 9.94. The van der Waals surface area contributed by atoms with Crippen molar-refractivity contribution in [1.29, 1.82) is 0 Å². The van der Waals surface area contributed by atoms with Gasteiger partial charge in [0, 0.05) is 16.9 Å². The first kappa shape index (κ1) is 9.59. The Hall–Kier alpha value is -0.960. The van der Waals surface area contributed by atoms with Crippen molar-refractivity contribution in [3.63, 3.8) is 0 Å². The normalized spacial score (nSPS) is 15.4. The molecular formula is C11H12O2S. The van der Waals surface area contributed by atoms with E-state index in [0.29, 0.717) is 6.42 Å². The predicted octanol–water partition coefficient (Wildman–Crippen LogP) is 2.78. The summed E-state index contributed by atoms with van der Waals surface area (Å²) in [4.78, 5) is 24.8. The molecule has 2 rings (SSSR count). The van der Waals surface area contributed by atoms with E-state index in [1.54, 1.807) is 6.92 Å². The quantitative estimate of drug-likeness (QED) is 0.665. The van der Waals surface area contributed by atoms with Gasteiger partial charge in [-0.2, -0.15) is 0 Å². The van der Waals surface area contributed by atoms with Crippen LogP contribution in [0, 0.1) is 6.92 Å². The molecule has 0 spiro atoms. The second-order valence-electron chi connectivity index (χ2n) is 3.69. The number of rotatable bonds is 1. The molecule has 1 aliphatic rings. The summed E-state index contributed by atoms with van der Waals surface area (Å²) in [5, 5.41) is 0. The number of carbonyl (C=O) groups is 2. The molecule has 1 aromatic heterocycles. The number of ketones is 2. The van der Waals surface area contributed by atoms with Crippen LogP contribution >= 0.6 is 11.3 Å². The average molecular weight is 208 g/mol. The fourth-order valence-electron chi connectivity index (χ4n) is 1.98. The zero-order valence-electron chi connectivity index (χ0n) is 8.35. The number of hydrogen-bond donors (Lipinski definition) is 0. The molecule has 0 amide bonds. The predicted molar refractivity (Wildman–Crippen MR) is 56.3 cm³/mol. The van der Waals surface area contributed by atoms with E-state index in [4.69, 9.17) is 0 Å². The van der Waals surface area contributed by atoms with Gasteiger partial charge in [-0.05, 0) is 32.3 Å². The Balaban J connectivity index is 2.60. The topological polar surface area (TPSA) is 34.1 Å². The second-order valence-corrected chi connectivity index (χ2v) is 4.79. The highest BCUT2D eigenvalue weighted by molar-refractivity contribution is 7.14. The maximum absolute atomic E-state index is 11.6. The van der Waals surface area contributed by atoms with Crippen LogP contribution in [0.5, 0.6) is 0 Å². The van der Waals surface area contributed by atoms with Crippen molar-refractivity contribution in [2.24, 2.45) is 0 Å². The SMILES string of the molecule is CC(=O)c1sc2c(c1C)C(=O)CCC2. The van der Waals surface area contributed by atoms with Gasteiger partial charge in [-0.1, -0.05) is 0 Å². The van der Waals surface area contributed by atoms with E-state index in [-0.39, 0.29) is 11.6 Å². The summed E-state index contributed by atoms with van der Waals surface area (Å²) >= 11 is 1.50. The van der Waals surface area contributed by atoms with Gasteiger partial charge in [-0.25, -0.2) is 0 Å². The largest absolute Gasteiger partial charge is 0.294 e. The molecule has 1 aromatic rings. The zero-order chi connectivity index (χ0) is 10.3. The van der Waals surface area contributed by atoms with Crippen molar-refractivity contribution in [3.8, 4) is 0 Å².